The summed E-state index contributed by atoms with van der Waals surface area (Å²) in [6.45, 7) is 1.87. The molecule has 0 amide bonds. The van der Waals surface area contributed by atoms with Crippen LogP contribution in [0.25, 0.3) is 21.3 Å². The molecule has 0 bridgehead atoms. The van der Waals surface area contributed by atoms with Gasteiger partial charge in [0.15, 0.2) is 0 Å². The number of rotatable bonds is 4. The fourth-order valence-electron chi connectivity index (χ4n) is 3.56. The van der Waals surface area contributed by atoms with E-state index in [1.54, 1.807) is 25.1 Å². The van der Waals surface area contributed by atoms with E-state index >= 15 is 0 Å². The zero-order chi connectivity index (χ0) is 18.3. The van der Waals surface area contributed by atoms with E-state index in [1.807, 2.05) is 23.6 Å². The molecule has 1 unspecified atom stereocenters. The van der Waals surface area contributed by atoms with Crippen molar-refractivity contribution >= 4 is 21.6 Å². The first kappa shape index (κ1) is 17.1. The summed E-state index contributed by atoms with van der Waals surface area (Å²) in [4.78, 5) is 20.8. The van der Waals surface area contributed by atoms with Gasteiger partial charge in [-0.1, -0.05) is 0 Å². The van der Waals surface area contributed by atoms with Gasteiger partial charge < -0.3 is 14.4 Å². The number of likely N-dealkylation sites (N-methyl/N-ethyl adjacent to an activating group) is 1. The molecule has 3 aromatic rings. The van der Waals surface area contributed by atoms with Gasteiger partial charge in [0, 0.05) is 29.1 Å². The average Bonchev–Trinajstić information content (AvgIpc) is 3.28. The lowest BCUT2D eigenvalue weighted by Crippen LogP contribution is -2.26. The van der Waals surface area contributed by atoms with E-state index in [1.165, 1.54) is 11.3 Å². The van der Waals surface area contributed by atoms with Crippen LogP contribution >= 0.6 is 11.3 Å². The molecule has 1 fully saturated rings. The van der Waals surface area contributed by atoms with Crippen LogP contribution in [-0.4, -0.2) is 48.8 Å². The Bertz CT molecular complexity index is 1010. The van der Waals surface area contributed by atoms with Crippen molar-refractivity contribution in [2.45, 2.75) is 12.5 Å². The molecular weight excluding hydrogens is 350 g/mol. The van der Waals surface area contributed by atoms with E-state index in [-0.39, 0.29) is 11.6 Å². The SMILES string of the molecule is COc1ccc(-c2csc3ncn(C4CCN(C)C4)c(=O)c23)c(OC)c1. The Balaban J connectivity index is 1.88. The summed E-state index contributed by atoms with van der Waals surface area (Å²) in [7, 11) is 5.32. The van der Waals surface area contributed by atoms with Crippen LogP contribution in [0.1, 0.15) is 12.5 Å². The first-order chi connectivity index (χ1) is 12.6. The zero-order valence-corrected chi connectivity index (χ0v) is 15.9. The number of hydrogen-bond donors (Lipinski definition) is 0. The van der Waals surface area contributed by atoms with Gasteiger partial charge in [-0.05, 0) is 32.1 Å². The summed E-state index contributed by atoms with van der Waals surface area (Å²) in [5, 5.41) is 2.64. The third-order valence-corrected chi connectivity index (χ3v) is 5.86. The van der Waals surface area contributed by atoms with Crippen LogP contribution < -0.4 is 15.0 Å². The number of fused-ring (bicyclic) bond motifs is 1. The van der Waals surface area contributed by atoms with Crippen molar-refractivity contribution in [1.82, 2.24) is 14.5 Å². The molecule has 0 aliphatic carbocycles. The number of nitrogens with zero attached hydrogens (tertiary/aromatic N) is 3. The Morgan fingerprint density at radius 1 is 1.23 bits per heavy atom. The summed E-state index contributed by atoms with van der Waals surface area (Å²) in [5.74, 6) is 1.40. The summed E-state index contributed by atoms with van der Waals surface area (Å²) in [6, 6.07) is 5.82. The van der Waals surface area contributed by atoms with Gasteiger partial charge >= 0.3 is 0 Å². The lowest BCUT2D eigenvalue weighted by atomic mass is 10.0. The lowest BCUT2D eigenvalue weighted by molar-refractivity contribution is 0.389. The van der Waals surface area contributed by atoms with E-state index in [9.17, 15) is 4.79 Å². The van der Waals surface area contributed by atoms with Crippen molar-refractivity contribution in [2.24, 2.45) is 0 Å². The fraction of sp³-hybridized carbons (Fsp3) is 0.368. The number of methoxy groups -OCH3 is 2. The number of aromatic nitrogens is 2. The van der Waals surface area contributed by atoms with Crippen LogP contribution in [0.2, 0.25) is 0 Å². The van der Waals surface area contributed by atoms with E-state index in [0.717, 1.165) is 41.2 Å². The van der Waals surface area contributed by atoms with Crippen molar-refractivity contribution in [2.75, 3.05) is 34.4 Å². The van der Waals surface area contributed by atoms with E-state index in [2.05, 4.69) is 16.9 Å². The molecular formula is C19H21N3O3S. The van der Waals surface area contributed by atoms with Crippen LogP contribution in [0.3, 0.4) is 0 Å². The van der Waals surface area contributed by atoms with Crippen molar-refractivity contribution in [3.63, 3.8) is 0 Å². The maximum absolute atomic E-state index is 13.2. The van der Waals surface area contributed by atoms with Gasteiger partial charge in [0.25, 0.3) is 5.56 Å². The minimum Gasteiger partial charge on any atom is -0.497 e. The van der Waals surface area contributed by atoms with Crippen LogP contribution in [-0.2, 0) is 0 Å². The number of hydrogen-bond acceptors (Lipinski definition) is 6. The van der Waals surface area contributed by atoms with Crippen LogP contribution in [0.4, 0.5) is 0 Å². The highest BCUT2D eigenvalue weighted by molar-refractivity contribution is 7.17. The highest BCUT2D eigenvalue weighted by Crippen LogP contribution is 2.38. The molecule has 26 heavy (non-hydrogen) atoms. The first-order valence-electron chi connectivity index (χ1n) is 8.51. The molecule has 2 aromatic heterocycles. The number of thiophene rings is 1. The Labute approximate surface area is 155 Å². The zero-order valence-electron chi connectivity index (χ0n) is 15.1. The molecule has 1 atom stereocenters. The van der Waals surface area contributed by atoms with Crippen LogP contribution in [0.5, 0.6) is 11.5 Å². The summed E-state index contributed by atoms with van der Waals surface area (Å²) in [5.41, 5.74) is 1.76. The van der Waals surface area contributed by atoms with Gasteiger partial charge in [-0.3, -0.25) is 9.36 Å². The Morgan fingerprint density at radius 2 is 2.08 bits per heavy atom. The predicted molar refractivity (Wildman–Crippen MR) is 104 cm³/mol. The second-order valence-electron chi connectivity index (χ2n) is 6.56. The largest absolute Gasteiger partial charge is 0.497 e. The number of likely N-dealkylation sites (tertiary alicyclic amines) is 1. The minimum atomic E-state index is 0.0180. The average molecular weight is 371 g/mol. The van der Waals surface area contributed by atoms with Gasteiger partial charge in [0.05, 0.1) is 32.0 Å². The highest BCUT2D eigenvalue weighted by Gasteiger charge is 2.24. The van der Waals surface area contributed by atoms with E-state index in [0.29, 0.717) is 11.1 Å². The van der Waals surface area contributed by atoms with Crippen molar-refractivity contribution in [3.8, 4) is 22.6 Å². The molecule has 1 aliphatic rings. The predicted octanol–water partition coefficient (Wildman–Crippen LogP) is 3.02. The Kier molecular flexibility index (Phi) is 4.42. The highest BCUT2D eigenvalue weighted by atomic mass is 32.1. The molecule has 1 saturated heterocycles. The molecule has 4 rings (SSSR count). The third kappa shape index (κ3) is 2.77. The molecule has 136 valence electrons. The van der Waals surface area contributed by atoms with Gasteiger partial charge in [0.1, 0.15) is 16.3 Å². The normalized spacial score (nSPS) is 17.7. The standard InChI is InChI=1S/C19H21N3O3S/c1-21-7-6-12(9-21)22-11-20-18-17(19(22)23)15(10-26-18)14-5-4-13(24-2)8-16(14)25-3/h4-5,8,10-12H,6-7,9H2,1-3H3. The molecule has 6 nitrogen and oxygen atoms in total. The number of benzene rings is 1. The quantitative estimate of drug-likeness (QED) is 0.706. The molecule has 0 radical (unpaired) electrons. The summed E-state index contributed by atoms with van der Waals surface area (Å²) < 4.78 is 12.6. The summed E-state index contributed by atoms with van der Waals surface area (Å²) >= 11 is 1.48. The Hall–Kier alpha value is -2.38. The maximum Gasteiger partial charge on any atom is 0.263 e. The van der Waals surface area contributed by atoms with Gasteiger partial charge in [-0.25, -0.2) is 4.98 Å². The first-order valence-corrected chi connectivity index (χ1v) is 9.39. The number of ether oxygens (including phenoxy) is 2. The molecule has 0 saturated carbocycles. The summed E-state index contributed by atoms with van der Waals surface area (Å²) in [6.07, 6.45) is 2.66. The second-order valence-corrected chi connectivity index (χ2v) is 7.42. The van der Waals surface area contributed by atoms with Crippen LogP contribution in [0.15, 0.2) is 34.7 Å². The van der Waals surface area contributed by atoms with Gasteiger partial charge in [-0.15, -0.1) is 11.3 Å². The van der Waals surface area contributed by atoms with Crippen LogP contribution in [0, 0.1) is 0 Å². The molecule has 0 N–H and O–H groups in total. The monoisotopic (exact) mass is 371 g/mol. The third-order valence-electron chi connectivity index (χ3n) is 4.98. The van der Waals surface area contributed by atoms with Crippen molar-refractivity contribution in [3.05, 3.63) is 40.3 Å². The van der Waals surface area contributed by atoms with Crippen molar-refractivity contribution in [1.29, 1.82) is 0 Å². The smallest absolute Gasteiger partial charge is 0.263 e. The minimum absolute atomic E-state index is 0.0180. The van der Waals surface area contributed by atoms with Gasteiger partial charge in [-0.2, -0.15) is 0 Å². The fourth-order valence-corrected chi connectivity index (χ4v) is 4.46. The Morgan fingerprint density at radius 3 is 2.77 bits per heavy atom. The molecule has 7 heteroatoms. The molecule has 1 aliphatic heterocycles. The van der Waals surface area contributed by atoms with Crippen molar-refractivity contribution < 1.29 is 9.47 Å². The second kappa shape index (κ2) is 6.74. The lowest BCUT2D eigenvalue weighted by Gasteiger charge is -2.14. The van der Waals surface area contributed by atoms with Gasteiger partial charge in [0.2, 0.25) is 0 Å². The molecule has 3 heterocycles. The maximum atomic E-state index is 13.2. The molecule has 1 aromatic carbocycles. The molecule has 0 spiro atoms. The topological polar surface area (TPSA) is 56.6 Å². The van der Waals surface area contributed by atoms with E-state index < -0.39 is 0 Å². The van der Waals surface area contributed by atoms with E-state index in [4.69, 9.17) is 9.47 Å².